The summed E-state index contributed by atoms with van der Waals surface area (Å²) in [4.78, 5) is 45.6. The number of piperidine rings is 1. The summed E-state index contributed by atoms with van der Waals surface area (Å²) in [5.41, 5.74) is 2.68. The van der Waals surface area contributed by atoms with Crippen LogP contribution in [-0.4, -0.2) is 63.9 Å². The van der Waals surface area contributed by atoms with Crippen LogP contribution in [0.1, 0.15) is 28.8 Å². The number of hydrogen-bond donors (Lipinski definition) is 2. The molecule has 2 aliphatic rings. The largest absolute Gasteiger partial charge is 0.508 e. The van der Waals surface area contributed by atoms with E-state index in [-0.39, 0.29) is 36.6 Å². The van der Waals surface area contributed by atoms with Crippen molar-refractivity contribution < 1.29 is 24.2 Å². The van der Waals surface area contributed by atoms with Gasteiger partial charge >= 0.3 is 0 Å². The lowest BCUT2D eigenvalue weighted by Gasteiger charge is -2.37. The Bertz CT molecular complexity index is 1260. The number of hydrogen-bond acceptors (Lipinski definition) is 6. The quantitative estimate of drug-likeness (QED) is 0.556. The molecule has 5 rings (SSSR count). The lowest BCUT2D eigenvalue weighted by atomic mass is 9.95. The van der Waals surface area contributed by atoms with Crippen molar-refractivity contribution >= 4 is 17.6 Å². The molecule has 3 atom stereocenters. The van der Waals surface area contributed by atoms with Gasteiger partial charge in [0, 0.05) is 25.4 Å². The molecule has 2 fully saturated rings. The maximum atomic E-state index is 13.8. The molecule has 3 unspecified atom stereocenters. The molecular weight excluding hydrogens is 458 g/mol. The highest BCUT2D eigenvalue weighted by atomic mass is 16.5. The van der Waals surface area contributed by atoms with Crippen LogP contribution in [0.15, 0.2) is 73.1 Å². The second kappa shape index (κ2) is 10.3. The van der Waals surface area contributed by atoms with Gasteiger partial charge in [0.2, 0.25) is 5.91 Å². The van der Waals surface area contributed by atoms with Crippen molar-refractivity contribution in [3.8, 4) is 16.9 Å². The van der Waals surface area contributed by atoms with E-state index in [0.29, 0.717) is 17.7 Å². The standard InChI is InChI=1S/C28H27N3O5/c32-20-10-8-18(9-11-20)15-23(28(35)31-14-4-7-25-26(31)24(33)17-36-25)30-27(34)22-16-29-13-12-21(22)19-5-2-1-3-6-19/h1-3,5-6,8-13,16,23,25-26,32H,4,7,14-15,17H2,(H,30,34). The summed E-state index contributed by atoms with van der Waals surface area (Å²) in [7, 11) is 0. The van der Waals surface area contributed by atoms with Crippen molar-refractivity contribution in [2.45, 2.75) is 37.5 Å². The molecule has 8 nitrogen and oxygen atoms in total. The van der Waals surface area contributed by atoms with Gasteiger partial charge in [-0.3, -0.25) is 19.4 Å². The number of pyridine rings is 1. The number of aromatic hydroxyl groups is 1. The van der Waals surface area contributed by atoms with Crippen LogP contribution in [0.4, 0.5) is 0 Å². The van der Waals surface area contributed by atoms with E-state index < -0.39 is 18.0 Å². The minimum absolute atomic E-state index is 0.00419. The first-order valence-electron chi connectivity index (χ1n) is 12.0. The van der Waals surface area contributed by atoms with Crippen molar-refractivity contribution in [3.63, 3.8) is 0 Å². The molecule has 2 amide bonds. The minimum Gasteiger partial charge on any atom is -0.508 e. The number of benzene rings is 2. The number of Topliss-reactive ketones (excluding diaryl/α,β-unsaturated/α-hetero) is 1. The van der Waals surface area contributed by atoms with E-state index in [9.17, 15) is 19.5 Å². The molecule has 3 aromatic rings. The lowest BCUT2D eigenvalue weighted by molar-refractivity contribution is -0.142. The van der Waals surface area contributed by atoms with Crippen LogP contribution in [0.2, 0.25) is 0 Å². The Morgan fingerprint density at radius 2 is 1.89 bits per heavy atom. The number of nitrogens with one attached hydrogen (secondary N) is 1. The normalized spacial score (nSPS) is 20.0. The average Bonchev–Trinajstić information content (AvgIpc) is 3.30. The number of likely N-dealkylation sites (tertiary alicyclic amines) is 1. The summed E-state index contributed by atoms with van der Waals surface area (Å²) in [6.45, 7) is 0.434. The summed E-state index contributed by atoms with van der Waals surface area (Å²) in [5, 5.41) is 12.6. The molecule has 2 N–H and O–H groups in total. The maximum Gasteiger partial charge on any atom is 0.254 e. The van der Waals surface area contributed by atoms with Gasteiger partial charge in [-0.2, -0.15) is 0 Å². The number of nitrogens with zero attached hydrogens (tertiary/aromatic N) is 2. The Morgan fingerprint density at radius 3 is 2.67 bits per heavy atom. The number of rotatable bonds is 6. The summed E-state index contributed by atoms with van der Waals surface area (Å²) in [6, 6.07) is 16.2. The van der Waals surface area contributed by atoms with Crippen LogP contribution in [0, 0.1) is 0 Å². The molecule has 0 saturated carbocycles. The predicted molar refractivity (Wildman–Crippen MR) is 132 cm³/mol. The van der Waals surface area contributed by atoms with Crippen LogP contribution >= 0.6 is 0 Å². The number of amides is 2. The zero-order chi connectivity index (χ0) is 25.1. The molecule has 2 aromatic carbocycles. The van der Waals surface area contributed by atoms with E-state index >= 15 is 0 Å². The van der Waals surface area contributed by atoms with Crippen LogP contribution in [0.25, 0.3) is 11.1 Å². The number of phenolic OH excluding ortho intramolecular Hbond substituents is 1. The lowest BCUT2D eigenvalue weighted by Crippen LogP contribution is -2.58. The van der Waals surface area contributed by atoms with E-state index in [1.807, 2.05) is 30.3 Å². The van der Waals surface area contributed by atoms with Gasteiger partial charge in [-0.05, 0) is 47.7 Å². The third-order valence-electron chi connectivity index (χ3n) is 6.76. The Hall–Kier alpha value is -4.04. The number of aromatic nitrogens is 1. The Morgan fingerprint density at radius 1 is 1.11 bits per heavy atom. The Labute approximate surface area is 208 Å². The van der Waals surface area contributed by atoms with Gasteiger partial charge in [0.15, 0.2) is 5.78 Å². The molecule has 8 heteroatoms. The molecule has 0 spiro atoms. The third-order valence-corrected chi connectivity index (χ3v) is 6.76. The van der Waals surface area contributed by atoms with E-state index in [4.69, 9.17) is 4.74 Å². The first-order chi connectivity index (χ1) is 17.5. The fourth-order valence-electron chi connectivity index (χ4n) is 4.99. The van der Waals surface area contributed by atoms with Crippen molar-refractivity contribution in [1.82, 2.24) is 15.2 Å². The van der Waals surface area contributed by atoms with E-state index in [1.165, 1.54) is 6.20 Å². The molecule has 36 heavy (non-hydrogen) atoms. The first kappa shape index (κ1) is 23.7. The van der Waals surface area contributed by atoms with Crippen molar-refractivity contribution in [2.24, 2.45) is 0 Å². The number of fused-ring (bicyclic) bond motifs is 1. The van der Waals surface area contributed by atoms with Crippen LogP contribution in [0.5, 0.6) is 5.75 Å². The fourth-order valence-corrected chi connectivity index (χ4v) is 4.99. The molecule has 0 bridgehead atoms. The zero-order valence-electron chi connectivity index (χ0n) is 19.7. The molecule has 2 aliphatic heterocycles. The highest BCUT2D eigenvalue weighted by Crippen LogP contribution is 2.28. The van der Waals surface area contributed by atoms with Gasteiger partial charge in [-0.1, -0.05) is 42.5 Å². The van der Waals surface area contributed by atoms with Gasteiger partial charge < -0.3 is 20.1 Å². The minimum atomic E-state index is -0.918. The van der Waals surface area contributed by atoms with Crippen molar-refractivity contribution in [1.29, 1.82) is 0 Å². The van der Waals surface area contributed by atoms with Crippen molar-refractivity contribution in [3.05, 3.63) is 84.2 Å². The number of ketones is 1. The topological polar surface area (TPSA) is 109 Å². The highest BCUT2D eigenvalue weighted by Gasteiger charge is 2.45. The summed E-state index contributed by atoms with van der Waals surface area (Å²) >= 11 is 0. The van der Waals surface area contributed by atoms with E-state index in [0.717, 1.165) is 24.0 Å². The molecule has 0 radical (unpaired) electrons. The molecule has 3 heterocycles. The van der Waals surface area contributed by atoms with Crippen LogP contribution in [-0.2, 0) is 20.7 Å². The summed E-state index contributed by atoms with van der Waals surface area (Å²) in [5.74, 6) is -0.751. The van der Waals surface area contributed by atoms with Gasteiger partial charge in [-0.15, -0.1) is 0 Å². The monoisotopic (exact) mass is 485 g/mol. The Kier molecular flexibility index (Phi) is 6.77. The SMILES string of the molecule is O=C(NC(Cc1ccc(O)cc1)C(=O)N1CCCC2OCC(=O)C21)c1cnccc1-c1ccccc1. The average molecular weight is 486 g/mol. The third kappa shape index (κ3) is 4.85. The van der Waals surface area contributed by atoms with Gasteiger partial charge in [-0.25, -0.2) is 0 Å². The molecule has 0 aliphatic carbocycles. The van der Waals surface area contributed by atoms with Gasteiger partial charge in [0.25, 0.3) is 5.91 Å². The smallest absolute Gasteiger partial charge is 0.254 e. The number of carbonyl (C=O) groups is 3. The number of ether oxygens (including phenoxy) is 1. The van der Waals surface area contributed by atoms with E-state index in [1.54, 1.807) is 41.4 Å². The molecule has 2 saturated heterocycles. The van der Waals surface area contributed by atoms with Gasteiger partial charge in [0.05, 0.1) is 11.7 Å². The second-order valence-electron chi connectivity index (χ2n) is 9.12. The highest BCUT2D eigenvalue weighted by molar-refractivity contribution is 6.03. The first-order valence-corrected chi connectivity index (χ1v) is 12.0. The Balaban J connectivity index is 1.44. The molecular formula is C28H27N3O5. The van der Waals surface area contributed by atoms with Crippen molar-refractivity contribution in [2.75, 3.05) is 13.2 Å². The van der Waals surface area contributed by atoms with E-state index in [2.05, 4.69) is 10.3 Å². The number of phenols is 1. The summed E-state index contributed by atoms with van der Waals surface area (Å²) < 4.78 is 5.61. The van der Waals surface area contributed by atoms with Crippen LogP contribution < -0.4 is 5.32 Å². The van der Waals surface area contributed by atoms with Gasteiger partial charge in [0.1, 0.15) is 24.4 Å². The number of carbonyl (C=O) groups excluding carboxylic acids is 3. The summed E-state index contributed by atoms with van der Waals surface area (Å²) in [6.07, 6.45) is 4.46. The fraction of sp³-hybridized carbons (Fsp3) is 0.286. The zero-order valence-corrected chi connectivity index (χ0v) is 19.7. The molecule has 184 valence electrons. The second-order valence-corrected chi connectivity index (χ2v) is 9.12. The van der Waals surface area contributed by atoms with Crippen LogP contribution in [0.3, 0.4) is 0 Å². The predicted octanol–water partition coefficient (Wildman–Crippen LogP) is 2.75. The maximum absolute atomic E-state index is 13.8. The molecule has 1 aromatic heterocycles.